The first-order valence-corrected chi connectivity index (χ1v) is 6.10. The van der Waals surface area contributed by atoms with Crippen molar-refractivity contribution in [2.45, 2.75) is 5.16 Å². The van der Waals surface area contributed by atoms with E-state index in [0.717, 1.165) is 11.8 Å². The van der Waals surface area contributed by atoms with Gasteiger partial charge in [-0.3, -0.25) is 5.43 Å². The smallest absolute Gasteiger partial charge is 0.216 e. The maximum Gasteiger partial charge on any atom is 0.216 e. The lowest BCUT2D eigenvalue weighted by Crippen LogP contribution is -2.25. The zero-order valence-corrected chi connectivity index (χ0v) is 10.3. The van der Waals surface area contributed by atoms with Crippen molar-refractivity contribution in [3.63, 3.8) is 0 Å². The van der Waals surface area contributed by atoms with Gasteiger partial charge in [0.05, 0.1) is 0 Å². The van der Waals surface area contributed by atoms with Gasteiger partial charge in [0.25, 0.3) is 0 Å². The van der Waals surface area contributed by atoms with Crippen LogP contribution in [0.15, 0.2) is 40.1 Å². The highest BCUT2D eigenvalue weighted by Crippen LogP contribution is 2.32. The lowest BCUT2D eigenvalue weighted by molar-refractivity contribution is 0.475. The molecule has 4 N–H and O–H groups in total. The van der Waals surface area contributed by atoms with Gasteiger partial charge in [0.15, 0.2) is 5.82 Å². The number of nitriles is 1. The number of aromatic hydroxyl groups is 1. The molecule has 0 fully saturated rings. The SMILES string of the molecule is N#CC1=C(N)Nn2c(nnc2-c2cccc(O)c2)S1. The predicted molar refractivity (Wildman–Crippen MR) is 69.2 cm³/mol. The van der Waals surface area contributed by atoms with E-state index in [-0.39, 0.29) is 11.6 Å². The van der Waals surface area contributed by atoms with Crippen molar-refractivity contribution in [3.8, 4) is 23.2 Å². The summed E-state index contributed by atoms with van der Waals surface area (Å²) in [5.41, 5.74) is 9.29. The number of phenolic OH excluding ortho intramolecular Hbond substituents is 1. The summed E-state index contributed by atoms with van der Waals surface area (Å²) in [6.45, 7) is 0. The summed E-state index contributed by atoms with van der Waals surface area (Å²) in [5, 5.41) is 26.9. The fourth-order valence-electron chi connectivity index (χ4n) is 1.67. The van der Waals surface area contributed by atoms with E-state index in [9.17, 15) is 5.11 Å². The minimum absolute atomic E-state index is 0.138. The van der Waals surface area contributed by atoms with Crippen molar-refractivity contribution in [1.29, 1.82) is 5.26 Å². The highest BCUT2D eigenvalue weighted by Gasteiger charge is 2.22. The van der Waals surface area contributed by atoms with E-state index in [1.165, 1.54) is 0 Å². The zero-order valence-electron chi connectivity index (χ0n) is 9.53. The van der Waals surface area contributed by atoms with Crippen LogP contribution in [-0.2, 0) is 0 Å². The highest BCUT2D eigenvalue weighted by atomic mass is 32.2. The van der Waals surface area contributed by atoms with E-state index in [2.05, 4.69) is 15.6 Å². The summed E-state index contributed by atoms with van der Waals surface area (Å²) in [4.78, 5) is 0.349. The van der Waals surface area contributed by atoms with Gasteiger partial charge < -0.3 is 10.8 Å². The van der Waals surface area contributed by atoms with E-state index in [1.807, 2.05) is 6.07 Å². The van der Waals surface area contributed by atoms with Crippen LogP contribution in [0.5, 0.6) is 5.75 Å². The molecule has 1 aliphatic rings. The summed E-state index contributed by atoms with van der Waals surface area (Å²) in [7, 11) is 0. The van der Waals surface area contributed by atoms with Gasteiger partial charge in [0, 0.05) is 5.56 Å². The van der Waals surface area contributed by atoms with Gasteiger partial charge in [0.1, 0.15) is 22.5 Å². The third-order valence-electron chi connectivity index (χ3n) is 2.51. The van der Waals surface area contributed by atoms with Crippen LogP contribution in [0.3, 0.4) is 0 Å². The number of nitrogens with two attached hydrogens (primary N) is 1. The molecule has 94 valence electrons. The lowest BCUT2D eigenvalue weighted by Gasteiger charge is -2.17. The first-order valence-electron chi connectivity index (χ1n) is 5.28. The summed E-state index contributed by atoms with van der Waals surface area (Å²) in [5.74, 6) is 0.902. The Kier molecular flexibility index (Phi) is 2.54. The number of thioether (sulfide) groups is 1. The average Bonchev–Trinajstić information content (AvgIpc) is 2.80. The van der Waals surface area contributed by atoms with Gasteiger partial charge >= 0.3 is 0 Å². The van der Waals surface area contributed by atoms with Crippen LogP contribution in [0.4, 0.5) is 0 Å². The van der Waals surface area contributed by atoms with Gasteiger partial charge in [-0.1, -0.05) is 12.1 Å². The van der Waals surface area contributed by atoms with Crippen LogP contribution in [0.2, 0.25) is 0 Å². The first kappa shape index (κ1) is 11.4. The van der Waals surface area contributed by atoms with Gasteiger partial charge in [-0.15, -0.1) is 10.2 Å². The monoisotopic (exact) mass is 272 g/mol. The number of rotatable bonds is 1. The Labute approximate surface area is 112 Å². The molecular weight excluding hydrogens is 264 g/mol. The molecule has 0 atom stereocenters. The first-order chi connectivity index (χ1) is 9.19. The van der Waals surface area contributed by atoms with E-state index < -0.39 is 0 Å². The van der Waals surface area contributed by atoms with Crippen LogP contribution >= 0.6 is 11.8 Å². The molecule has 3 rings (SSSR count). The Morgan fingerprint density at radius 2 is 2.26 bits per heavy atom. The van der Waals surface area contributed by atoms with Crippen molar-refractivity contribution >= 4 is 11.8 Å². The number of fused-ring (bicyclic) bond motifs is 1. The third kappa shape index (κ3) is 1.86. The van der Waals surface area contributed by atoms with Crippen LogP contribution < -0.4 is 11.2 Å². The largest absolute Gasteiger partial charge is 0.508 e. The Bertz CT molecular complexity index is 729. The Hall–Kier alpha value is -2.66. The van der Waals surface area contributed by atoms with Crippen molar-refractivity contribution in [3.05, 3.63) is 35.0 Å². The number of aromatic nitrogens is 3. The Morgan fingerprint density at radius 3 is 3.00 bits per heavy atom. The zero-order chi connectivity index (χ0) is 13.4. The van der Waals surface area contributed by atoms with Crippen LogP contribution in [0.25, 0.3) is 11.4 Å². The molecular formula is C11H8N6OS. The maximum atomic E-state index is 9.49. The van der Waals surface area contributed by atoms with Gasteiger partial charge in [-0.05, 0) is 23.9 Å². The standard InChI is InChI=1S/C11H8N6OS/c12-5-8-9(13)16-17-10(14-15-11(17)19-8)6-2-1-3-7(18)4-6/h1-4,16,18H,13H2. The van der Waals surface area contributed by atoms with Gasteiger partial charge in [-0.25, -0.2) is 4.68 Å². The molecule has 0 unspecified atom stereocenters. The van der Waals surface area contributed by atoms with Crippen LogP contribution in [0, 0.1) is 11.3 Å². The maximum absolute atomic E-state index is 9.49. The molecule has 7 nitrogen and oxygen atoms in total. The molecule has 1 aliphatic heterocycles. The Morgan fingerprint density at radius 1 is 1.42 bits per heavy atom. The third-order valence-corrected chi connectivity index (χ3v) is 3.47. The normalized spacial score (nSPS) is 13.6. The minimum Gasteiger partial charge on any atom is -0.508 e. The van der Waals surface area contributed by atoms with Gasteiger partial charge in [-0.2, -0.15) is 5.26 Å². The minimum atomic E-state index is 0.138. The molecule has 0 radical (unpaired) electrons. The molecule has 2 aromatic rings. The van der Waals surface area contributed by atoms with Crippen molar-refractivity contribution in [2.75, 3.05) is 5.43 Å². The number of nitrogens with one attached hydrogen (secondary N) is 1. The molecule has 19 heavy (non-hydrogen) atoms. The lowest BCUT2D eigenvalue weighted by atomic mass is 10.2. The number of allylic oxidation sites excluding steroid dienone is 1. The average molecular weight is 272 g/mol. The number of benzene rings is 1. The number of phenols is 1. The van der Waals surface area contributed by atoms with E-state index in [1.54, 1.807) is 28.9 Å². The topological polar surface area (TPSA) is 113 Å². The summed E-state index contributed by atoms with van der Waals surface area (Å²) in [6.07, 6.45) is 0. The van der Waals surface area contributed by atoms with Crippen LogP contribution in [-0.4, -0.2) is 20.0 Å². The van der Waals surface area contributed by atoms with E-state index >= 15 is 0 Å². The quantitative estimate of drug-likeness (QED) is 0.708. The predicted octanol–water partition coefficient (Wildman–Crippen LogP) is 0.951. The molecule has 0 spiro atoms. The second-order valence-corrected chi connectivity index (χ2v) is 4.74. The van der Waals surface area contributed by atoms with Crippen molar-refractivity contribution in [2.24, 2.45) is 5.73 Å². The summed E-state index contributed by atoms with van der Waals surface area (Å²) < 4.78 is 1.58. The molecule has 1 aromatic heterocycles. The highest BCUT2D eigenvalue weighted by molar-refractivity contribution is 8.03. The summed E-state index contributed by atoms with van der Waals surface area (Å²) in [6, 6.07) is 8.64. The molecule has 0 aliphatic carbocycles. The Balaban J connectivity index is 2.07. The number of hydrogen-bond acceptors (Lipinski definition) is 7. The molecule has 2 heterocycles. The second-order valence-electron chi connectivity index (χ2n) is 3.76. The van der Waals surface area contributed by atoms with Crippen molar-refractivity contribution < 1.29 is 5.11 Å². The van der Waals surface area contributed by atoms with Gasteiger partial charge in [0.2, 0.25) is 5.16 Å². The van der Waals surface area contributed by atoms with Crippen LogP contribution in [0.1, 0.15) is 0 Å². The fraction of sp³-hybridized carbons (Fsp3) is 0. The fourth-order valence-corrected chi connectivity index (χ4v) is 2.36. The van der Waals surface area contributed by atoms with Crippen molar-refractivity contribution in [1.82, 2.24) is 14.9 Å². The molecule has 1 aromatic carbocycles. The molecule has 8 heteroatoms. The van der Waals surface area contributed by atoms with E-state index in [4.69, 9.17) is 11.0 Å². The summed E-state index contributed by atoms with van der Waals surface area (Å²) >= 11 is 1.14. The molecule has 0 bridgehead atoms. The molecule has 0 saturated heterocycles. The molecule has 0 amide bonds. The number of nitrogens with zero attached hydrogens (tertiary/aromatic N) is 4. The second kappa shape index (κ2) is 4.22. The molecule has 0 saturated carbocycles. The number of hydrogen-bond donors (Lipinski definition) is 3. The van der Waals surface area contributed by atoms with E-state index in [0.29, 0.717) is 21.4 Å².